The van der Waals surface area contributed by atoms with Crippen molar-refractivity contribution in [2.75, 3.05) is 6.61 Å². The third-order valence-electron chi connectivity index (χ3n) is 3.08. The lowest BCUT2D eigenvalue weighted by Crippen LogP contribution is -2.09. The van der Waals surface area contributed by atoms with E-state index in [1.807, 2.05) is 25.1 Å². The fourth-order valence-electron chi connectivity index (χ4n) is 1.95. The zero-order valence-corrected chi connectivity index (χ0v) is 12.6. The second kappa shape index (κ2) is 7.64. The Balaban J connectivity index is 2.09. The Morgan fingerprint density at radius 2 is 2.10 bits per heavy atom. The molecule has 6 nitrogen and oxygen atoms in total. The molecular formula is C15H22N4O2. The van der Waals surface area contributed by atoms with E-state index in [-0.39, 0.29) is 0 Å². The minimum absolute atomic E-state index is 0.359. The number of hydrogen-bond acceptors (Lipinski definition) is 5. The highest BCUT2D eigenvalue weighted by atomic mass is 16.5. The molecule has 0 bridgehead atoms. The van der Waals surface area contributed by atoms with Crippen molar-refractivity contribution in [3.63, 3.8) is 0 Å². The highest BCUT2D eigenvalue weighted by Gasteiger charge is 2.08. The van der Waals surface area contributed by atoms with Gasteiger partial charge < -0.3 is 15.2 Å². The van der Waals surface area contributed by atoms with Crippen molar-refractivity contribution in [1.82, 2.24) is 14.8 Å². The lowest BCUT2D eigenvalue weighted by Gasteiger charge is -2.13. The normalized spacial score (nSPS) is 10.6. The molecule has 2 rings (SSSR count). The summed E-state index contributed by atoms with van der Waals surface area (Å²) < 4.78 is 13.3. The number of benzene rings is 1. The SMILES string of the molecule is CCCOc1ccc(CN)c(OCc2ncnn2CC)c1. The monoisotopic (exact) mass is 290 g/mol. The van der Waals surface area contributed by atoms with Crippen LogP contribution < -0.4 is 15.2 Å². The molecule has 6 heteroatoms. The maximum atomic E-state index is 5.85. The maximum absolute atomic E-state index is 5.85. The number of nitrogens with two attached hydrogens (primary N) is 1. The molecule has 0 fully saturated rings. The maximum Gasteiger partial charge on any atom is 0.164 e. The fraction of sp³-hybridized carbons (Fsp3) is 0.467. The van der Waals surface area contributed by atoms with Crippen molar-refractivity contribution in [3.8, 4) is 11.5 Å². The van der Waals surface area contributed by atoms with Crippen molar-refractivity contribution in [3.05, 3.63) is 35.9 Å². The molecule has 0 saturated carbocycles. The van der Waals surface area contributed by atoms with E-state index in [1.54, 1.807) is 4.68 Å². The van der Waals surface area contributed by atoms with Gasteiger partial charge in [0, 0.05) is 24.7 Å². The lowest BCUT2D eigenvalue weighted by atomic mass is 10.2. The van der Waals surface area contributed by atoms with Gasteiger partial charge in [-0.15, -0.1) is 0 Å². The summed E-state index contributed by atoms with van der Waals surface area (Å²) in [6.45, 7) is 6.32. The quantitative estimate of drug-likeness (QED) is 0.806. The zero-order chi connectivity index (χ0) is 15.1. The molecule has 0 amide bonds. The van der Waals surface area contributed by atoms with E-state index in [2.05, 4.69) is 17.0 Å². The molecular weight excluding hydrogens is 268 g/mol. The van der Waals surface area contributed by atoms with Crippen molar-refractivity contribution in [2.45, 2.75) is 40.0 Å². The van der Waals surface area contributed by atoms with E-state index in [4.69, 9.17) is 15.2 Å². The number of aryl methyl sites for hydroxylation is 1. The second-order valence-electron chi connectivity index (χ2n) is 4.60. The molecule has 0 atom stereocenters. The third kappa shape index (κ3) is 3.95. The van der Waals surface area contributed by atoms with E-state index in [9.17, 15) is 0 Å². The molecule has 1 aromatic carbocycles. The van der Waals surface area contributed by atoms with Crippen molar-refractivity contribution < 1.29 is 9.47 Å². The predicted octanol–water partition coefficient (Wildman–Crippen LogP) is 2.12. The molecule has 2 N–H and O–H groups in total. The Morgan fingerprint density at radius 3 is 2.81 bits per heavy atom. The molecule has 0 aliphatic heterocycles. The molecule has 0 aliphatic rings. The summed E-state index contributed by atoms with van der Waals surface area (Å²) in [5.74, 6) is 2.32. The van der Waals surface area contributed by atoms with E-state index in [1.165, 1.54) is 6.33 Å². The first-order valence-corrected chi connectivity index (χ1v) is 7.23. The summed E-state index contributed by atoms with van der Waals surface area (Å²) in [5, 5.41) is 4.12. The Hall–Kier alpha value is -2.08. The van der Waals surface area contributed by atoms with E-state index < -0.39 is 0 Å². The summed E-state index contributed by atoms with van der Waals surface area (Å²) in [6, 6.07) is 5.73. The van der Waals surface area contributed by atoms with Gasteiger partial charge in [-0.05, 0) is 19.4 Å². The minimum Gasteiger partial charge on any atom is -0.493 e. The lowest BCUT2D eigenvalue weighted by molar-refractivity contribution is 0.278. The van der Waals surface area contributed by atoms with Gasteiger partial charge in [0.2, 0.25) is 0 Å². The first kappa shape index (κ1) is 15.3. The number of aromatic nitrogens is 3. The van der Waals surface area contributed by atoms with Crippen LogP contribution in [0.2, 0.25) is 0 Å². The van der Waals surface area contributed by atoms with Gasteiger partial charge in [0.25, 0.3) is 0 Å². The summed E-state index contributed by atoms with van der Waals surface area (Å²) in [7, 11) is 0. The van der Waals surface area contributed by atoms with Crippen LogP contribution in [0.3, 0.4) is 0 Å². The molecule has 0 spiro atoms. The topological polar surface area (TPSA) is 75.2 Å². The Kier molecular flexibility index (Phi) is 5.57. The van der Waals surface area contributed by atoms with Crippen LogP contribution in [0.15, 0.2) is 24.5 Å². The standard InChI is InChI=1S/C15H22N4O2/c1-3-7-20-13-6-5-12(9-16)14(8-13)21-10-15-17-11-18-19(15)4-2/h5-6,8,11H,3-4,7,9-10,16H2,1-2H3. The van der Waals surface area contributed by atoms with Crippen molar-refractivity contribution >= 4 is 0 Å². The summed E-state index contributed by atoms with van der Waals surface area (Å²) in [6.07, 6.45) is 2.50. The number of hydrogen-bond donors (Lipinski definition) is 1. The van der Waals surface area contributed by atoms with E-state index in [0.29, 0.717) is 19.8 Å². The van der Waals surface area contributed by atoms with Crippen molar-refractivity contribution in [2.24, 2.45) is 5.73 Å². The predicted molar refractivity (Wildman–Crippen MR) is 80.1 cm³/mol. The molecule has 0 unspecified atom stereocenters. The molecule has 0 saturated heterocycles. The van der Waals surface area contributed by atoms with Gasteiger partial charge in [0.05, 0.1) is 6.61 Å². The average molecular weight is 290 g/mol. The molecule has 1 aromatic heterocycles. The zero-order valence-electron chi connectivity index (χ0n) is 12.6. The van der Waals surface area contributed by atoms with E-state index in [0.717, 1.165) is 35.9 Å². The van der Waals surface area contributed by atoms with Crippen LogP contribution in [0.5, 0.6) is 11.5 Å². The van der Waals surface area contributed by atoms with Gasteiger partial charge >= 0.3 is 0 Å². The third-order valence-corrected chi connectivity index (χ3v) is 3.08. The second-order valence-corrected chi connectivity index (χ2v) is 4.60. The van der Waals surface area contributed by atoms with Crippen LogP contribution in [0, 0.1) is 0 Å². The molecule has 0 radical (unpaired) electrons. The van der Waals surface area contributed by atoms with Gasteiger partial charge in [0.1, 0.15) is 24.4 Å². The Bertz CT molecular complexity index is 569. The van der Waals surface area contributed by atoms with Crippen LogP contribution in [0.4, 0.5) is 0 Å². The van der Waals surface area contributed by atoms with Crippen LogP contribution in [0.25, 0.3) is 0 Å². The van der Waals surface area contributed by atoms with Crippen LogP contribution in [-0.2, 0) is 19.7 Å². The van der Waals surface area contributed by atoms with E-state index >= 15 is 0 Å². The first-order chi connectivity index (χ1) is 10.3. The van der Waals surface area contributed by atoms with Crippen LogP contribution in [0.1, 0.15) is 31.7 Å². The summed E-state index contributed by atoms with van der Waals surface area (Å²) in [5.41, 5.74) is 6.70. The van der Waals surface area contributed by atoms with Crippen molar-refractivity contribution in [1.29, 1.82) is 0 Å². The fourth-order valence-corrected chi connectivity index (χ4v) is 1.95. The first-order valence-electron chi connectivity index (χ1n) is 7.23. The molecule has 2 aromatic rings. The number of ether oxygens (including phenoxy) is 2. The van der Waals surface area contributed by atoms with Gasteiger partial charge in [-0.3, -0.25) is 0 Å². The summed E-state index contributed by atoms with van der Waals surface area (Å²) in [4.78, 5) is 4.19. The highest BCUT2D eigenvalue weighted by Crippen LogP contribution is 2.25. The molecule has 1 heterocycles. The Morgan fingerprint density at radius 1 is 1.24 bits per heavy atom. The van der Waals surface area contributed by atoms with Gasteiger partial charge in [-0.1, -0.05) is 13.0 Å². The molecule has 0 aliphatic carbocycles. The molecule has 114 valence electrons. The van der Waals surface area contributed by atoms with Gasteiger partial charge in [0.15, 0.2) is 5.82 Å². The van der Waals surface area contributed by atoms with Gasteiger partial charge in [-0.25, -0.2) is 9.67 Å². The largest absolute Gasteiger partial charge is 0.493 e. The average Bonchev–Trinajstić information content (AvgIpc) is 2.98. The Labute approximate surface area is 124 Å². The smallest absolute Gasteiger partial charge is 0.164 e. The van der Waals surface area contributed by atoms with Gasteiger partial charge in [-0.2, -0.15) is 5.10 Å². The highest BCUT2D eigenvalue weighted by molar-refractivity contribution is 5.40. The minimum atomic E-state index is 0.359. The van der Waals surface area contributed by atoms with Crippen LogP contribution >= 0.6 is 0 Å². The number of nitrogens with zero attached hydrogens (tertiary/aromatic N) is 3. The van der Waals surface area contributed by atoms with Crippen LogP contribution in [-0.4, -0.2) is 21.4 Å². The number of rotatable bonds is 8. The summed E-state index contributed by atoms with van der Waals surface area (Å²) >= 11 is 0. The molecule has 21 heavy (non-hydrogen) atoms.